The summed E-state index contributed by atoms with van der Waals surface area (Å²) >= 11 is 0. The van der Waals surface area contributed by atoms with Crippen LogP contribution in [0.5, 0.6) is 0 Å². The topological polar surface area (TPSA) is 49.3 Å². The highest BCUT2D eigenvalue weighted by atomic mass is 16.4. The van der Waals surface area contributed by atoms with E-state index in [1.165, 1.54) is 5.56 Å². The summed E-state index contributed by atoms with van der Waals surface area (Å²) in [6.45, 7) is 1.70. The fourth-order valence-electron chi connectivity index (χ4n) is 2.26. The molecule has 2 atom stereocenters. The lowest BCUT2D eigenvalue weighted by atomic mass is 9.87. The third kappa shape index (κ3) is 2.36. The maximum absolute atomic E-state index is 10.7. The molecule has 0 aliphatic carbocycles. The van der Waals surface area contributed by atoms with Crippen molar-refractivity contribution in [2.45, 2.75) is 12.3 Å². The molecule has 3 heteroatoms. The molecule has 1 fully saturated rings. The highest BCUT2D eigenvalue weighted by Crippen LogP contribution is 2.29. The fourth-order valence-corrected chi connectivity index (χ4v) is 2.26. The first-order chi connectivity index (χ1) is 7.27. The minimum absolute atomic E-state index is 0.227. The zero-order chi connectivity index (χ0) is 10.7. The molecular formula is C12H15NO2. The third-order valence-corrected chi connectivity index (χ3v) is 3.00. The SMILES string of the molecule is O=C(O)C[C@H]1CNC[C@H]1c1ccccc1. The molecule has 0 saturated carbocycles. The van der Waals surface area contributed by atoms with Gasteiger partial charge in [0.1, 0.15) is 0 Å². The van der Waals surface area contributed by atoms with Crippen LogP contribution in [0, 0.1) is 5.92 Å². The minimum Gasteiger partial charge on any atom is -0.481 e. The lowest BCUT2D eigenvalue weighted by Gasteiger charge is -2.16. The van der Waals surface area contributed by atoms with Crippen molar-refractivity contribution in [1.82, 2.24) is 5.32 Å². The highest BCUT2D eigenvalue weighted by Gasteiger charge is 2.29. The first-order valence-corrected chi connectivity index (χ1v) is 5.25. The van der Waals surface area contributed by atoms with Crippen LogP contribution in [0.15, 0.2) is 30.3 Å². The first-order valence-electron chi connectivity index (χ1n) is 5.25. The van der Waals surface area contributed by atoms with Gasteiger partial charge in [0.2, 0.25) is 0 Å². The molecule has 1 aliphatic rings. The Morgan fingerprint density at radius 1 is 1.33 bits per heavy atom. The molecule has 0 radical (unpaired) electrons. The molecule has 0 unspecified atom stereocenters. The van der Waals surface area contributed by atoms with Crippen LogP contribution in [0.3, 0.4) is 0 Å². The quantitative estimate of drug-likeness (QED) is 0.785. The van der Waals surface area contributed by atoms with Crippen molar-refractivity contribution < 1.29 is 9.90 Å². The Hall–Kier alpha value is -1.35. The Morgan fingerprint density at radius 2 is 2.07 bits per heavy atom. The molecule has 15 heavy (non-hydrogen) atoms. The summed E-state index contributed by atoms with van der Waals surface area (Å²) in [5.74, 6) is -0.128. The summed E-state index contributed by atoms with van der Waals surface area (Å²) < 4.78 is 0. The molecule has 0 aromatic heterocycles. The van der Waals surface area contributed by atoms with Gasteiger partial charge in [-0.1, -0.05) is 30.3 Å². The molecule has 0 bridgehead atoms. The van der Waals surface area contributed by atoms with Gasteiger partial charge in [-0.25, -0.2) is 0 Å². The third-order valence-electron chi connectivity index (χ3n) is 3.00. The summed E-state index contributed by atoms with van der Waals surface area (Å²) in [7, 11) is 0. The maximum atomic E-state index is 10.7. The van der Waals surface area contributed by atoms with E-state index < -0.39 is 5.97 Å². The van der Waals surface area contributed by atoms with Gasteiger partial charge >= 0.3 is 5.97 Å². The molecule has 3 nitrogen and oxygen atoms in total. The zero-order valence-electron chi connectivity index (χ0n) is 8.52. The zero-order valence-corrected chi connectivity index (χ0v) is 8.52. The van der Waals surface area contributed by atoms with Crippen molar-refractivity contribution in [1.29, 1.82) is 0 Å². The van der Waals surface area contributed by atoms with Gasteiger partial charge in [0.15, 0.2) is 0 Å². The molecule has 0 amide bonds. The van der Waals surface area contributed by atoms with Gasteiger partial charge < -0.3 is 10.4 Å². The van der Waals surface area contributed by atoms with Crippen LogP contribution in [0.2, 0.25) is 0 Å². The second kappa shape index (κ2) is 4.45. The normalized spacial score (nSPS) is 25.3. The van der Waals surface area contributed by atoms with E-state index in [4.69, 9.17) is 5.11 Å². The van der Waals surface area contributed by atoms with Crippen molar-refractivity contribution in [3.05, 3.63) is 35.9 Å². The standard InChI is InChI=1S/C12H15NO2/c14-12(15)6-10-7-13-8-11(10)9-4-2-1-3-5-9/h1-5,10-11,13H,6-8H2,(H,14,15)/t10-,11-/m0/s1. The van der Waals surface area contributed by atoms with Gasteiger partial charge in [-0.2, -0.15) is 0 Å². The summed E-state index contributed by atoms with van der Waals surface area (Å²) in [6, 6.07) is 10.1. The van der Waals surface area contributed by atoms with Gasteiger partial charge in [0.05, 0.1) is 0 Å². The van der Waals surface area contributed by atoms with E-state index in [1.807, 2.05) is 18.2 Å². The molecule has 0 spiro atoms. The van der Waals surface area contributed by atoms with Crippen LogP contribution in [-0.4, -0.2) is 24.2 Å². The number of hydrogen-bond acceptors (Lipinski definition) is 2. The average Bonchev–Trinajstić information content (AvgIpc) is 2.66. The fraction of sp³-hybridized carbons (Fsp3) is 0.417. The summed E-state index contributed by atoms with van der Waals surface area (Å²) in [5.41, 5.74) is 1.24. The van der Waals surface area contributed by atoms with Crippen LogP contribution in [0.25, 0.3) is 0 Å². The lowest BCUT2D eigenvalue weighted by molar-refractivity contribution is -0.138. The first kappa shape index (κ1) is 10.2. The van der Waals surface area contributed by atoms with E-state index in [9.17, 15) is 4.79 Å². The number of hydrogen-bond donors (Lipinski definition) is 2. The second-order valence-electron chi connectivity index (χ2n) is 4.03. The Bertz CT molecular complexity index is 337. The van der Waals surface area contributed by atoms with E-state index in [-0.39, 0.29) is 12.3 Å². The van der Waals surface area contributed by atoms with Crippen molar-refractivity contribution in [3.63, 3.8) is 0 Å². The molecule has 2 N–H and O–H groups in total. The average molecular weight is 205 g/mol. The van der Waals surface area contributed by atoms with Crippen molar-refractivity contribution in [3.8, 4) is 0 Å². The van der Waals surface area contributed by atoms with Crippen LogP contribution >= 0.6 is 0 Å². The molecule has 2 rings (SSSR count). The van der Waals surface area contributed by atoms with E-state index in [2.05, 4.69) is 17.4 Å². The largest absolute Gasteiger partial charge is 0.481 e. The molecule has 1 aliphatic heterocycles. The van der Waals surface area contributed by atoms with Gasteiger partial charge in [-0.05, 0) is 18.0 Å². The number of carboxylic acid groups (broad SMARTS) is 1. The predicted molar refractivity (Wildman–Crippen MR) is 57.8 cm³/mol. The van der Waals surface area contributed by atoms with Crippen molar-refractivity contribution in [2.24, 2.45) is 5.92 Å². The molecule has 1 aromatic carbocycles. The minimum atomic E-state index is -0.704. The highest BCUT2D eigenvalue weighted by molar-refractivity contribution is 5.67. The van der Waals surface area contributed by atoms with Crippen LogP contribution in [0.4, 0.5) is 0 Å². The number of benzene rings is 1. The number of nitrogens with one attached hydrogen (secondary N) is 1. The Labute approximate surface area is 89.1 Å². The van der Waals surface area contributed by atoms with Crippen molar-refractivity contribution >= 4 is 5.97 Å². The molecule has 1 saturated heterocycles. The van der Waals surface area contributed by atoms with Crippen LogP contribution < -0.4 is 5.32 Å². The van der Waals surface area contributed by atoms with Crippen LogP contribution in [0.1, 0.15) is 17.9 Å². The summed E-state index contributed by atoms with van der Waals surface area (Å²) in [4.78, 5) is 10.7. The number of aliphatic carboxylic acids is 1. The summed E-state index contributed by atoms with van der Waals surface area (Å²) in [5, 5.41) is 12.1. The van der Waals surface area contributed by atoms with Gasteiger partial charge in [0, 0.05) is 18.9 Å². The van der Waals surface area contributed by atoms with Gasteiger partial charge in [-0.3, -0.25) is 4.79 Å². The Kier molecular flexibility index (Phi) is 3.02. The molecule has 1 heterocycles. The summed E-state index contributed by atoms with van der Waals surface area (Å²) in [6.07, 6.45) is 0.257. The molecule has 80 valence electrons. The van der Waals surface area contributed by atoms with E-state index in [0.717, 1.165) is 13.1 Å². The Balaban J connectivity index is 2.11. The molecular weight excluding hydrogens is 190 g/mol. The van der Waals surface area contributed by atoms with Crippen LogP contribution in [-0.2, 0) is 4.79 Å². The number of carbonyl (C=O) groups is 1. The van der Waals surface area contributed by atoms with E-state index in [0.29, 0.717) is 5.92 Å². The predicted octanol–water partition coefficient (Wildman–Crippen LogP) is 1.46. The second-order valence-corrected chi connectivity index (χ2v) is 4.03. The van der Waals surface area contributed by atoms with E-state index >= 15 is 0 Å². The van der Waals surface area contributed by atoms with Gasteiger partial charge in [-0.15, -0.1) is 0 Å². The maximum Gasteiger partial charge on any atom is 0.303 e. The number of rotatable bonds is 3. The number of carboxylic acids is 1. The smallest absolute Gasteiger partial charge is 0.303 e. The lowest BCUT2D eigenvalue weighted by Crippen LogP contribution is -2.15. The molecule has 1 aromatic rings. The van der Waals surface area contributed by atoms with E-state index in [1.54, 1.807) is 0 Å². The van der Waals surface area contributed by atoms with Crippen molar-refractivity contribution in [2.75, 3.05) is 13.1 Å². The van der Waals surface area contributed by atoms with Gasteiger partial charge in [0.25, 0.3) is 0 Å². The monoisotopic (exact) mass is 205 g/mol. The Morgan fingerprint density at radius 3 is 2.73 bits per heavy atom.